The molecule has 0 spiro atoms. The Morgan fingerprint density at radius 3 is 2.64 bits per heavy atom. The number of carboxylic acids is 1. The van der Waals surface area contributed by atoms with Crippen molar-refractivity contribution in [2.75, 3.05) is 7.11 Å². The highest BCUT2D eigenvalue weighted by Crippen LogP contribution is 2.42. The van der Waals surface area contributed by atoms with Gasteiger partial charge in [-0.05, 0) is 50.2 Å². The minimum Gasteiger partial charge on any atom is -0.496 e. The maximum atomic E-state index is 14.2. The fourth-order valence-corrected chi connectivity index (χ4v) is 4.67. The van der Waals surface area contributed by atoms with E-state index in [1.54, 1.807) is 25.4 Å². The number of nitrogens with one attached hydrogen (secondary N) is 1. The molecule has 2 N–H and O–H groups in total. The van der Waals surface area contributed by atoms with Crippen LogP contribution in [0.2, 0.25) is 0 Å². The number of pyridine rings is 1. The molecule has 36 heavy (non-hydrogen) atoms. The van der Waals surface area contributed by atoms with Gasteiger partial charge >= 0.3 is 5.97 Å². The topological polar surface area (TPSA) is 127 Å². The Bertz CT molecular complexity index is 1840. The van der Waals surface area contributed by atoms with Crippen LogP contribution in [0, 0.1) is 19.7 Å². The van der Waals surface area contributed by atoms with Gasteiger partial charge in [0.2, 0.25) is 5.82 Å². The van der Waals surface area contributed by atoms with Gasteiger partial charge in [0.15, 0.2) is 0 Å². The Kier molecular flexibility index (Phi) is 4.72. The van der Waals surface area contributed by atoms with E-state index < -0.39 is 11.8 Å². The molecule has 0 aliphatic carbocycles. The molecule has 0 fully saturated rings. The first-order valence-electron chi connectivity index (χ1n) is 11.0. The van der Waals surface area contributed by atoms with Crippen LogP contribution in [-0.4, -0.2) is 43.3 Å². The Hall–Kier alpha value is -4.86. The highest BCUT2D eigenvalue weighted by atomic mass is 19.1. The number of aromatic carboxylic acids is 1. The molecular formula is C26H18FN5O4. The fraction of sp³-hybridized carbons (Fsp3) is 0.115. The summed E-state index contributed by atoms with van der Waals surface area (Å²) >= 11 is 0. The molecule has 0 saturated carbocycles. The van der Waals surface area contributed by atoms with Crippen molar-refractivity contribution < 1.29 is 23.6 Å². The monoisotopic (exact) mass is 483 g/mol. The van der Waals surface area contributed by atoms with Crippen molar-refractivity contribution in [3.05, 3.63) is 65.7 Å². The van der Waals surface area contributed by atoms with Gasteiger partial charge in [-0.2, -0.15) is 0 Å². The van der Waals surface area contributed by atoms with Gasteiger partial charge in [-0.25, -0.2) is 19.2 Å². The van der Waals surface area contributed by atoms with Gasteiger partial charge in [-0.3, -0.25) is 4.98 Å². The third-order valence-corrected chi connectivity index (χ3v) is 6.22. The number of H-pyrrole nitrogens is 1. The van der Waals surface area contributed by atoms with Crippen molar-refractivity contribution in [3.8, 4) is 28.1 Å². The lowest BCUT2D eigenvalue weighted by Gasteiger charge is -2.10. The summed E-state index contributed by atoms with van der Waals surface area (Å²) in [4.78, 5) is 28.1. The van der Waals surface area contributed by atoms with Gasteiger partial charge in [0, 0.05) is 33.6 Å². The van der Waals surface area contributed by atoms with Crippen LogP contribution in [0.25, 0.3) is 55.2 Å². The van der Waals surface area contributed by atoms with Crippen LogP contribution in [0.3, 0.4) is 0 Å². The minimum atomic E-state index is -1.28. The number of halogens is 1. The minimum absolute atomic E-state index is 0.326. The van der Waals surface area contributed by atoms with Crippen LogP contribution in [0.1, 0.15) is 22.1 Å². The zero-order valence-electron chi connectivity index (χ0n) is 19.4. The molecule has 0 atom stereocenters. The molecule has 0 aliphatic rings. The van der Waals surface area contributed by atoms with Crippen LogP contribution in [0.5, 0.6) is 5.75 Å². The number of ether oxygens (including phenoxy) is 1. The second kappa shape index (κ2) is 7.84. The third-order valence-electron chi connectivity index (χ3n) is 6.22. The lowest BCUT2D eigenvalue weighted by Crippen LogP contribution is -2.05. The highest BCUT2D eigenvalue weighted by molar-refractivity contribution is 6.16. The average Bonchev–Trinajstić information content (AvgIpc) is 3.40. The molecule has 10 heteroatoms. The molecule has 0 bridgehead atoms. The Balaban J connectivity index is 1.74. The predicted molar refractivity (Wildman–Crippen MR) is 131 cm³/mol. The van der Waals surface area contributed by atoms with E-state index in [2.05, 4.69) is 25.1 Å². The van der Waals surface area contributed by atoms with Gasteiger partial charge < -0.3 is 19.4 Å². The first-order valence-corrected chi connectivity index (χ1v) is 11.0. The van der Waals surface area contributed by atoms with Gasteiger partial charge in [0.05, 0.1) is 35.0 Å². The standard InChI is InChI=1S/C26H18FN5O4/c1-11-21(12(2)36-32-11)17-9-19-16(10-20(17)35-3)22-23(30-25(26(33)34)31-24(22)29-19)14-6-7-28-18-5-4-13(27)8-15(14)18/h4-10H,1-3H3,(H,33,34)(H,29,30,31). The fourth-order valence-electron chi connectivity index (χ4n) is 4.67. The van der Waals surface area contributed by atoms with E-state index in [-0.39, 0.29) is 5.82 Å². The molecule has 178 valence electrons. The van der Waals surface area contributed by atoms with E-state index in [1.807, 2.05) is 26.0 Å². The quantitative estimate of drug-likeness (QED) is 0.339. The number of benzene rings is 2. The summed E-state index contributed by atoms with van der Waals surface area (Å²) < 4.78 is 25.3. The van der Waals surface area contributed by atoms with Crippen LogP contribution >= 0.6 is 0 Å². The molecule has 0 unspecified atom stereocenters. The lowest BCUT2D eigenvalue weighted by molar-refractivity contribution is 0.0684. The number of carboxylic acid groups (broad SMARTS) is 1. The summed E-state index contributed by atoms with van der Waals surface area (Å²) in [5, 5.41) is 15.6. The van der Waals surface area contributed by atoms with Crippen molar-refractivity contribution in [2.45, 2.75) is 13.8 Å². The summed E-state index contributed by atoms with van der Waals surface area (Å²) in [6.45, 7) is 3.66. The number of carbonyl (C=O) groups is 1. The summed E-state index contributed by atoms with van der Waals surface area (Å²) in [6.07, 6.45) is 1.58. The summed E-state index contributed by atoms with van der Waals surface area (Å²) in [7, 11) is 1.57. The van der Waals surface area contributed by atoms with E-state index in [1.165, 1.54) is 12.1 Å². The number of rotatable bonds is 4. The summed E-state index contributed by atoms with van der Waals surface area (Å²) in [5.74, 6) is -0.902. The smallest absolute Gasteiger partial charge is 0.374 e. The van der Waals surface area contributed by atoms with E-state index in [0.29, 0.717) is 61.3 Å². The second-order valence-electron chi connectivity index (χ2n) is 8.37. The number of aromatic nitrogens is 5. The molecule has 0 saturated heterocycles. The Morgan fingerprint density at radius 1 is 1.08 bits per heavy atom. The van der Waals surface area contributed by atoms with Crippen molar-refractivity contribution >= 4 is 38.8 Å². The van der Waals surface area contributed by atoms with Crippen LogP contribution in [0.4, 0.5) is 4.39 Å². The van der Waals surface area contributed by atoms with Crippen molar-refractivity contribution in [3.63, 3.8) is 0 Å². The lowest BCUT2D eigenvalue weighted by atomic mass is 9.99. The molecule has 9 nitrogen and oxygen atoms in total. The number of methoxy groups -OCH3 is 1. The maximum Gasteiger partial charge on any atom is 0.374 e. The number of hydrogen-bond donors (Lipinski definition) is 2. The molecule has 2 aromatic carbocycles. The average molecular weight is 483 g/mol. The van der Waals surface area contributed by atoms with Gasteiger partial charge in [-0.15, -0.1) is 0 Å². The van der Waals surface area contributed by atoms with Gasteiger partial charge in [-0.1, -0.05) is 5.16 Å². The summed E-state index contributed by atoms with van der Waals surface area (Å²) in [6, 6.07) is 9.66. The first kappa shape index (κ1) is 21.7. The molecule has 0 aliphatic heterocycles. The summed E-state index contributed by atoms with van der Waals surface area (Å²) in [5.41, 5.74) is 4.71. The molecule has 4 aromatic heterocycles. The van der Waals surface area contributed by atoms with E-state index in [0.717, 1.165) is 11.1 Å². The second-order valence-corrected chi connectivity index (χ2v) is 8.37. The van der Waals surface area contributed by atoms with Crippen molar-refractivity contribution in [1.29, 1.82) is 0 Å². The van der Waals surface area contributed by atoms with Crippen LogP contribution in [-0.2, 0) is 0 Å². The predicted octanol–water partition coefficient (Wildman–Crippen LogP) is 5.44. The van der Waals surface area contributed by atoms with E-state index >= 15 is 0 Å². The van der Waals surface area contributed by atoms with E-state index in [4.69, 9.17) is 9.26 Å². The normalized spacial score (nSPS) is 11.6. The van der Waals surface area contributed by atoms with Crippen molar-refractivity contribution in [1.82, 2.24) is 25.1 Å². The maximum absolute atomic E-state index is 14.2. The number of nitrogens with zero attached hydrogens (tertiary/aromatic N) is 4. The Labute approximate surface area is 202 Å². The van der Waals surface area contributed by atoms with Crippen LogP contribution < -0.4 is 4.74 Å². The first-order chi connectivity index (χ1) is 17.4. The third kappa shape index (κ3) is 3.18. The SMILES string of the molecule is COc1cc2c(cc1-c1c(C)noc1C)[nH]c1nc(C(=O)O)nc(-c3ccnc4ccc(F)cc34)c12. The number of aryl methyl sites for hydroxylation is 2. The zero-order valence-corrected chi connectivity index (χ0v) is 19.4. The number of fused-ring (bicyclic) bond motifs is 4. The molecule has 6 rings (SSSR count). The van der Waals surface area contributed by atoms with Crippen LogP contribution in [0.15, 0.2) is 47.1 Å². The number of hydrogen-bond acceptors (Lipinski definition) is 7. The van der Waals surface area contributed by atoms with Crippen molar-refractivity contribution in [2.24, 2.45) is 0 Å². The highest BCUT2D eigenvalue weighted by Gasteiger charge is 2.23. The zero-order chi connectivity index (χ0) is 25.1. The molecular weight excluding hydrogens is 465 g/mol. The molecule has 0 amide bonds. The van der Waals surface area contributed by atoms with Gasteiger partial charge in [0.1, 0.15) is 23.0 Å². The molecule has 4 heterocycles. The molecule has 6 aromatic rings. The largest absolute Gasteiger partial charge is 0.496 e. The van der Waals surface area contributed by atoms with E-state index in [9.17, 15) is 14.3 Å². The Morgan fingerprint density at radius 2 is 1.92 bits per heavy atom. The van der Waals surface area contributed by atoms with Gasteiger partial charge in [0.25, 0.3) is 0 Å². The number of aromatic amines is 1. The molecule has 0 radical (unpaired) electrons.